The highest BCUT2D eigenvalue weighted by Gasteiger charge is 2.32. The number of nitrogens with zero attached hydrogens (tertiary/aromatic N) is 1. The fraction of sp³-hybridized carbons (Fsp3) is 0.588. The Labute approximate surface area is 159 Å². The lowest BCUT2D eigenvalue weighted by atomic mass is 9.99. The van der Waals surface area contributed by atoms with E-state index in [-0.39, 0.29) is 24.1 Å². The average molecular weight is 407 g/mol. The van der Waals surface area contributed by atoms with Crippen molar-refractivity contribution in [2.45, 2.75) is 38.4 Å². The Balaban J connectivity index is 2.00. The van der Waals surface area contributed by atoms with Crippen molar-refractivity contribution < 1.29 is 13.2 Å². The summed E-state index contributed by atoms with van der Waals surface area (Å²) in [7, 11) is -3.51. The van der Waals surface area contributed by atoms with E-state index in [1.165, 1.54) is 4.31 Å². The normalized spacial score (nSPS) is 18.9. The van der Waals surface area contributed by atoms with Gasteiger partial charge >= 0.3 is 0 Å². The van der Waals surface area contributed by atoms with E-state index in [2.05, 4.69) is 12.2 Å². The zero-order chi connectivity index (χ0) is 18.4. The highest BCUT2D eigenvalue weighted by Crippen LogP contribution is 2.26. The van der Waals surface area contributed by atoms with Gasteiger partial charge in [-0.15, -0.1) is 0 Å². The standard InChI is InChI=1S/C17H24Cl2N2O3S/c1-2-3-8-20-17(22)14-5-4-9-21(11-14)25(23,24)12-13-6-7-15(18)16(19)10-13/h6-7,10,14H,2-5,8-9,11-12H2,1H3,(H,20,22). The summed E-state index contributed by atoms with van der Waals surface area (Å²) in [6.07, 6.45) is 3.34. The quantitative estimate of drug-likeness (QED) is 0.704. The summed E-state index contributed by atoms with van der Waals surface area (Å²) in [5.41, 5.74) is 0.587. The Morgan fingerprint density at radius 3 is 2.76 bits per heavy atom. The van der Waals surface area contributed by atoms with Gasteiger partial charge in [0.05, 0.1) is 21.7 Å². The summed E-state index contributed by atoms with van der Waals surface area (Å²) in [6, 6.07) is 4.82. The van der Waals surface area contributed by atoms with E-state index in [0.717, 1.165) is 19.3 Å². The van der Waals surface area contributed by atoms with E-state index in [4.69, 9.17) is 23.2 Å². The molecular formula is C17H24Cl2N2O3S. The number of hydrogen-bond donors (Lipinski definition) is 1. The Bertz CT molecular complexity index is 710. The van der Waals surface area contributed by atoms with Gasteiger partial charge in [-0.1, -0.05) is 42.6 Å². The Kier molecular flexibility index (Phi) is 7.55. The zero-order valence-electron chi connectivity index (χ0n) is 14.3. The van der Waals surface area contributed by atoms with Crippen LogP contribution >= 0.6 is 23.2 Å². The maximum Gasteiger partial charge on any atom is 0.224 e. The van der Waals surface area contributed by atoms with Gasteiger partial charge in [-0.25, -0.2) is 12.7 Å². The van der Waals surface area contributed by atoms with Crippen molar-refractivity contribution in [3.63, 3.8) is 0 Å². The van der Waals surface area contributed by atoms with Crippen LogP contribution in [0.1, 0.15) is 38.2 Å². The molecule has 0 spiro atoms. The van der Waals surface area contributed by atoms with Crippen LogP contribution in [0.5, 0.6) is 0 Å². The summed E-state index contributed by atoms with van der Waals surface area (Å²) < 4.78 is 26.8. The number of halogens is 2. The van der Waals surface area contributed by atoms with Gasteiger partial charge in [0.25, 0.3) is 0 Å². The molecule has 1 aliphatic heterocycles. The van der Waals surface area contributed by atoms with E-state index in [1.807, 2.05) is 0 Å². The van der Waals surface area contributed by atoms with E-state index < -0.39 is 10.0 Å². The van der Waals surface area contributed by atoms with Gasteiger partial charge in [0.2, 0.25) is 15.9 Å². The van der Waals surface area contributed by atoms with E-state index in [9.17, 15) is 13.2 Å². The van der Waals surface area contributed by atoms with Crippen LogP contribution in [0.25, 0.3) is 0 Å². The molecule has 1 unspecified atom stereocenters. The van der Waals surface area contributed by atoms with Gasteiger partial charge in [-0.3, -0.25) is 4.79 Å². The molecule has 2 rings (SSSR count). The van der Waals surface area contributed by atoms with Gasteiger partial charge in [-0.2, -0.15) is 0 Å². The Hall–Kier alpha value is -0.820. The molecule has 1 atom stereocenters. The molecule has 0 saturated carbocycles. The third kappa shape index (κ3) is 5.84. The van der Waals surface area contributed by atoms with E-state index in [0.29, 0.717) is 35.1 Å². The molecule has 140 valence electrons. The maximum atomic E-state index is 12.7. The van der Waals surface area contributed by atoms with Gasteiger partial charge in [-0.05, 0) is 37.0 Å². The molecule has 1 aromatic carbocycles. The minimum Gasteiger partial charge on any atom is -0.356 e. The summed E-state index contributed by atoms with van der Waals surface area (Å²) in [5, 5.41) is 3.62. The van der Waals surface area contributed by atoms with E-state index in [1.54, 1.807) is 18.2 Å². The SMILES string of the molecule is CCCCNC(=O)C1CCCN(S(=O)(=O)Cc2ccc(Cl)c(Cl)c2)C1. The molecule has 8 heteroatoms. The minimum absolute atomic E-state index is 0.0529. The van der Waals surface area contributed by atoms with E-state index >= 15 is 0 Å². The van der Waals surface area contributed by atoms with Crippen LogP contribution < -0.4 is 5.32 Å². The first-order valence-corrected chi connectivity index (χ1v) is 10.9. The first-order chi connectivity index (χ1) is 11.8. The molecule has 0 bridgehead atoms. The fourth-order valence-electron chi connectivity index (χ4n) is 2.87. The van der Waals surface area contributed by atoms with Crippen LogP contribution in [0.4, 0.5) is 0 Å². The van der Waals surface area contributed by atoms with Crippen molar-refractivity contribution >= 4 is 39.1 Å². The molecule has 5 nitrogen and oxygen atoms in total. The van der Waals surface area contributed by atoms with Crippen LogP contribution in [-0.2, 0) is 20.6 Å². The average Bonchev–Trinajstić information content (AvgIpc) is 2.58. The molecule has 0 radical (unpaired) electrons. The van der Waals surface area contributed by atoms with Gasteiger partial charge < -0.3 is 5.32 Å². The summed E-state index contributed by atoms with van der Waals surface area (Å²) in [6.45, 7) is 3.38. The molecule has 1 aliphatic rings. The number of amides is 1. The van der Waals surface area contributed by atoms with Crippen molar-refractivity contribution in [1.29, 1.82) is 0 Å². The van der Waals surface area contributed by atoms with Crippen molar-refractivity contribution in [3.05, 3.63) is 33.8 Å². The topological polar surface area (TPSA) is 66.5 Å². The molecular weight excluding hydrogens is 383 g/mol. The molecule has 1 heterocycles. The number of nitrogens with one attached hydrogen (secondary N) is 1. The van der Waals surface area contributed by atoms with Crippen molar-refractivity contribution in [1.82, 2.24) is 9.62 Å². The predicted molar refractivity (Wildman–Crippen MR) is 101 cm³/mol. The van der Waals surface area contributed by atoms with Crippen LogP contribution in [0.2, 0.25) is 10.0 Å². The second-order valence-electron chi connectivity index (χ2n) is 6.35. The highest BCUT2D eigenvalue weighted by atomic mass is 35.5. The van der Waals surface area contributed by atoms with Crippen LogP contribution in [-0.4, -0.2) is 38.3 Å². The van der Waals surface area contributed by atoms with Crippen molar-refractivity contribution in [2.24, 2.45) is 5.92 Å². The number of carbonyl (C=O) groups excluding carboxylic acids is 1. The summed E-state index contributed by atoms with van der Waals surface area (Å²) >= 11 is 11.8. The predicted octanol–water partition coefficient (Wildman–Crippen LogP) is 3.45. The lowest BCUT2D eigenvalue weighted by Crippen LogP contribution is -2.45. The summed E-state index contributed by atoms with van der Waals surface area (Å²) in [5.74, 6) is -0.481. The summed E-state index contributed by atoms with van der Waals surface area (Å²) in [4.78, 5) is 12.2. The smallest absolute Gasteiger partial charge is 0.224 e. The van der Waals surface area contributed by atoms with Crippen molar-refractivity contribution in [2.75, 3.05) is 19.6 Å². The van der Waals surface area contributed by atoms with Gasteiger partial charge in [0.15, 0.2) is 0 Å². The Morgan fingerprint density at radius 2 is 2.08 bits per heavy atom. The number of unbranched alkanes of at least 4 members (excludes halogenated alkanes) is 1. The monoisotopic (exact) mass is 406 g/mol. The van der Waals surface area contributed by atoms with Gasteiger partial charge in [0, 0.05) is 19.6 Å². The number of rotatable bonds is 7. The number of hydrogen-bond acceptors (Lipinski definition) is 3. The number of carbonyl (C=O) groups is 1. The second kappa shape index (κ2) is 9.21. The molecule has 1 aromatic rings. The van der Waals surface area contributed by atoms with Crippen molar-refractivity contribution in [3.8, 4) is 0 Å². The highest BCUT2D eigenvalue weighted by molar-refractivity contribution is 7.88. The lowest BCUT2D eigenvalue weighted by Gasteiger charge is -2.31. The molecule has 1 fully saturated rings. The zero-order valence-corrected chi connectivity index (χ0v) is 16.6. The fourth-order valence-corrected chi connectivity index (χ4v) is 4.79. The first kappa shape index (κ1) is 20.5. The van der Waals surface area contributed by atoms with Gasteiger partial charge in [0.1, 0.15) is 0 Å². The largest absolute Gasteiger partial charge is 0.356 e. The molecule has 1 amide bonds. The third-order valence-electron chi connectivity index (χ3n) is 4.31. The first-order valence-electron chi connectivity index (χ1n) is 8.53. The molecule has 1 saturated heterocycles. The van der Waals surface area contributed by atoms with Crippen LogP contribution in [0.3, 0.4) is 0 Å². The Morgan fingerprint density at radius 1 is 1.32 bits per heavy atom. The molecule has 0 aliphatic carbocycles. The van der Waals surface area contributed by atoms with Crippen LogP contribution in [0, 0.1) is 5.92 Å². The number of sulfonamides is 1. The van der Waals surface area contributed by atoms with Crippen LogP contribution in [0.15, 0.2) is 18.2 Å². The number of benzene rings is 1. The lowest BCUT2D eigenvalue weighted by molar-refractivity contribution is -0.126. The number of piperidine rings is 1. The second-order valence-corrected chi connectivity index (χ2v) is 9.13. The maximum absolute atomic E-state index is 12.7. The third-order valence-corrected chi connectivity index (χ3v) is 6.87. The molecule has 1 N–H and O–H groups in total. The molecule has 25 heavy (non-hydrogen) atoms. The molecule has 0 aromatic heterocycles. The minimum atomic E-state index is -3.51.